The van der Waals surface area contributed by atoms with Gasteiger partial charge in [-0.25, -0.2) is 0 Å². The molecule has 0 saturated carbocycles. The second-order valence-electron chi connectivity index (χ2n) is 3.09. The fraction of sp³-hybridized carbons (Fsp3) is 0.700. The summed E-state index contributed by atoms with van der Waals surface area (Å²) in [5, 5.41) is 3.22. The summed E-state index contributed by atoms with van der Waals surface area (Å²) in [6, 6.07) is 0. The highest BCUT2D eigenvalue weighted by atomic mass is 16.1. The van der Waals surface area contributed by atoms with Gasteiger partial charge in [-0.05, 0) is 27.2 Å². The minimum Gasteiger partial charge on any atom is -0.388 e. The molecular formula is C10H19NO. The van der Waals surface area contributed by atoms with E-state index < -0.39 is 0 Å². The topological polar surface area (TPSA) is 29.1 Å². The fourth-order valence-corrected chi connectivity index (χ4v) is 0.849. The zero-order valence-electron chi connectivity index (χ0n) is 8.53. The summed E-state index contributed by atoms with van der Waals surface area (Å²) in [5.41, 5.74) is 1.85. The van der Waals surface area contributed by atoms with Crippen LogP contribution in [0.1, 0.15) is 40.5 Å². The van der Waals surface area contributed by atoms with E-state index in [9.17, 15) is 4.79 Å². The number of hydrogen-bond acceptors (Lipinski definition) is 2. The highest BCUT2D eigenvalue weighted by Crippen LogP contribution is 2.00. The van der Waals surface area contributed by atoms with Gasteiger partial charge in [0.2, 0.25) is 0 Å². The summed E-state index contributed by atoms with van der Waals surface area (Å²) in [4.78, 5) is 10.9. The average Bonchev–Trinajstić information content (AvgIpc) is 2.03. The predicted octanol–water partition coefficient (Wildman–Crippen LogP) is 2.26. The molecule has 0 aromatic heterocycles. The smallest absolute Gasteiger partial charge is 0.157 e. The Kier molecular flexibility index (Phi) is 5.43. The van der Waals surface area contributed by atoms with Gasteiger partial charge in [-0.2, -0.15) is 0 Å². The lowest BCUT2D eigenvalue weighted by Gasteiger charge is -2.07. The molecule has 70 valence electrons. The molecule has 1 N–H and O–H groups in total. The van der Waals surface area contributed by atoms with Gasteiger partial charge in [0.15, 0.2) is 5.78 Å². The first-order valence-electron chi connectivity index (χ1n) is 4.51. The lowest BCUT2D eigenvalue weighted by atomic mass is 10.2. The quantitative estimate of drug-likeness (QED) is 0.505. The molecule has 0 spiro atoms. The molecular weight excluding hydrogens is 150 g/mol. The van der Waals surface area contributed by atoms with Crippen molar-refractivity contribution in [1.29, 1.82) is 0 Å². The monoisotopic (exact) mass is 169 g/mol. The van der Waals surface area contributed by atoms with Gasteiger partial charge in [0.1, 0.15) is 0 Å². The van der Waals surface area contributed by atoms with E-state index in [1.807, 2.05) is 13.8 Å². The Morgan fingerprint density at radius 3 is 2.25 bits per heavy atom. The van der Waals surface area contributed by atoms with Crippen LogP contribution in [0.5, 0.6) is 0 Å². The number of Topliss-reactive ketones (excluding diaryl/α,β-unsaturated/α-hetero) is 1. The lowest BCUT2D eigenvalue weighted by molar-refractivity contribution is -0.113. The van der Waals surface area contributed by atoms with Crippen LogP contribution in [0, 0.1) is 0 Å². The van der Waals surface area contributed by atoms with E-state index >= 15 is 0 Å². The van der Waals surface area contributed by atoms with Crippen molar-refractivity contribution < 1.29 is 4.79 Å². The highest BCUT2D eigenvalue weighted by molar-refractivity contribution is 5.93. The summed E-state index contributed by atoms with van der Waals surface area (Å²) in [6.07, 6.45) is 2.34. The lowest BCUT2D eigenvalue weighted by Crippen LogP contribution is -2.15. The first kappa shape index (κ1) is 11.2. The van der Waals surface area contributed by atoms with Crippen molar-refractivity contribution in [2.24, 2.45) is 0 Å². The number of allylic oxidation sites excluding steroid dienone is 2. The van der Waals surface area contributed by atoms with Crippen LogP contribution >= 0.6 is 0 Å². The third-order valence-electron chi connectivity index (χ3n) is 2.01. The zero-order chi connectivity index (χ0) is 9.56. The summed E-state index contributed by atoms with van der Waals surface area (Å²) >= 11 is 0. The van der Waals surface area contributed by atoms with E-state index in [0.717, 1.165) is 24.2 Å². The van der Waals surface area contributed by atoms with Gasteiger partial charge in [0.25, 0.3) is 0 Å². The molecule has 0 rings (SSSR count). The Morgan fingerprint density at radius 2 is 1.83 bits per heavy atom. The summed E-state index contributed by atoms with van der Waals surface area (Å²) < 4.78 is 0. The Balaban J connectivity index is 3.91. The molecule has 0 aromatic carbocycles. The number of carbonyl (C=O) groups excluding carboxylic acids is 1. The maximum atomic E-state index is 10.9. The van der Waals surface area contributed by atoms with Crippen LogP contribution in [0.25, 0.3) is 0 Å². The fourth-order valence-electron chi connectivity index (χ4n) is 0.849. The number of rotatable bonds is 5. The Morgan fingerprint density at radius 1 is 1.25 bits per heavy atom. The van der Waals surface area contributed by atoms with Crippen LogP contribution in [0.15, 0.2) is 11.3 Å². The molecule has 0 unspecified atom stereocenters. The third-order valence-corrected chi connectivity index (χ3v) is 2.01. The molecule has 0 radical (unpaired) electrons. The normalized spacial score (nSPS) is 12.3. The van der Waals surface area contributed by atoms with Crippen molar-refractivity contribution in [2.45, 2.75) is 40.5 Å². The van der Waals surface area contributed by atoms with Gasteiger partial charge in [-0.3, -0.25) is 4.79 Å². The first-order chi connectivity index (χ1) is 5.59. The molecule has 2 nitrogen and oxygen atoms in total. The largest absolute Gasteiger partial charge is 0.388 e. The van der Waals surface area contributed by atoms with Crippen LogP contribution in [-0.4, -0.2) is 12.3 Å². The van der Waals surface area contributed by atoms with Gasteiger partial charge >= 0.3 is 0 Å². The van der Waals surface area contributed by atoms with Crippen molar-refractivity contribution in [2.75, 3.05) is 6.54 Å². The molecule has 0 fully saturated rings. The van der Waals surface area contributed by atoms with Gasteiger partial charge in [-0.1, -0.05) is 13.3 Å². The first-order valence-corrected chi connectivity index (χ1v) is 4.51. The van der Waals surface area contributed by atoms with Crippen LogP contribution in [0.2, 0.25) is 0 Å². The van der Waals surface area contributed by atoms with E-state index in [1.54, 1.807) is 6.92 Å². The van der Waals surface area contributed by atoms with Crippen LogP contribution in [-0.2, 0) is 4.79 Å². The van der Waals surface area contributed by atoms with Crippen molar-refractivity contribution >= 4 is 5.78 Å². The van der Waals surface area contributed by atoms with Crippen LogP contribution < -0.4 is 5.32 Å². The Labute approximate surface area is 75.0 Å². The molecule has 0 aliphatic heterocycles. The minimum absolute atomic E-state index is 0.150. The van der Waals surface area contributed by atoms with Crippen molar-refractivity contribution in [3.8, 4) is 0 Å². The molecule has 0 bridgehead atoms. The Hall–Kier alpha value is -0.790. The predicted molar refractivity (Wildman–Crippen MR) is 52.0 cm³/mol. The minimum atomic E-state index is 0.150. The maximum absolute atomic E-state index is 10.9. The standard InChI is InChI=1S/C10H19NO/c1-5-6-7-11-9(3)8(2)10(4)12/h11H,5-7H2,1-4H3. The number of nitrogens with one attached hydrogen (secondary N) is 1. The van der Waals surface area contributed by atoms with E-state index in [4.69, 9.17) is 0 Å². The number of ketones is 1. The molecule has 0 aliphatic carbocycles. The molecule has 0 saturated heterocycles. The molecule has 2 heteroatoms. The number of carbonyl (C=O) groups is 1. The Bertz CT molecular complexity index is 182. The number of unbranched alkanes of at least 4 members (excludes halogenated alkanes) is 1. The maximum Gasteiger partial charge on any atom is 0.157 e. The molecule has 0 heterocycles. The molecule has 0 atom stereocenters. The second-order valence-corrected chi connectivity index (χ2v) is 3.09. The van der Waals surface area contributed by atoms with E-state index in [-0.39, 0.29) is 5.78 Å². The van der Waals surface area contributed by atoms with Crippen molar-refractivity contribution in [3.63, 3.8) is 0 Å². The second kappa shape index (κ2) is 5.81. The molecule has 0 aliphatic rings. The van der Waals surface area contributed by atoms with Gasteiger partial charge < -0.3 is 5.32 Å². The summed E-state index contributed by atoms with van der Waals surface area (Å²) in [6.45, 7) is 8.52. The van der Waals surface area contributed by atoms with E-state index in [1.165, 1.54) is 6.42 Å². The SMILES string of the molecule is CCCCNC(C)=C(C)C(C)=O. The van der Waals surface area contributed by atoms with Gasteiger partial charge in [-0.15, -0.1) is 0 Å². The average molecular weight is 169 g/mol. The van der Waals surface area contributed by atoms with Gasteiger partial charge in [0.05, 0.1) is 0 Å². The summed E-state index contributed by atoms with van der Waals surface area (Å²) in [5.74, 6) is 0.150. The van der Waals surface area contributed by atoms with E-state index in [2.05, 4.69) is 12.2 Å². The molecule has 0 aromatic rings. The number of hydrogen-bond donors (Lipinski definition) is 1. The summed E-state index contributed by atoms with van der Waals surface area (Å²) in [7, 11) is 0. The van der Waals surface area contributed by atoms with E-state index in [0.29, 0.717) is 0 Å². The highest BCUT2D eigenvalue weighted by Gasteiger charge is 2.00. The third kappa shape index (κ3) is 4.16. The van der Waals surface area contributed by atoms with Crippen molar-refractivity contribution in [1.82, 2.24) is 5.32 Å². The van der Waals surface area contributed by atoms with Crippen LogP contribution in [0.4, 0.5) is 0 Å². The van der Waals surface area contributed by atoms with Crippen molar-refractivity contribution in [3.05, 3.63) is 11.3 Å². The van der Waals surface area contributed by atoms with Crippen LogP contribution in [0.3, 0.4) is 0 Å². The van der Waals surface area contributed by atoms with Gasteiger partial charge in [0, 0.05) is 17.8 Å². The molecule has 0 amide bonds. The molecule has 12 heavy (non-hydrogen) atoms. The zero-order valence-corrected chi connectivity index (χ0v) is 8.53.